The van der Waals surface area contributed by atoms with Gasteiger partial charge < -0.3 is 14.8 Å². The van der Waals surface area contributed by atoms with Crippen molar-refractivity contribution in [2.75, 3.05) is 13.3 Å². The molecule has 0 saturated carbocycles. The average Bonchev–Trinajstić information content (AvgIpc) is 3.28. The summed E-state index contributed by atoms with van der Waals surface area (Å²) in [4.78, 5) is 12.4. The standard InChI is InChI=1S/C22H22N2O3.ClH/c25-22-7-3-6-19-17(16-4-1-2-5-18(16)24(19)22)10-11-23-13-15-8-9-20-21(12-15)27-14-26-20;/h1-2,4-5,8-9,12,23H,3,6-7,10-11,13-14H2;1H. The first-order valence-electron chi connectivity index (χ1n) is 9.55. The van der Waals surface area contributed by atoms with E-state index < -0.39 is 0 Å². The summed E-state index contributed by atoms with van der Waals surface area (Å²) in [6, 6.07) is 14.3. The average molecular weight is 399 g/mol. The molecule has 0 unspecified atom stereocenters. The van der Waals surface area contributed by atoms with Crippen molar-refractivity contribution < 1.29 is 14.3 Å². The monoisotopic (exact) mass is 398 g/mol. The van der Waals surface area contributed by atoms with E-state index in [1.54, 1.807) is 0 Å². The van der Waals surface area contributed by atoms with Gasteiger partial charge >= 0.3 is 0 Å². The summed E-state index contributed by atoms with van der Waals surface area (Å²) in [5.41, 5.74) is 4.76. The van der Waals surface area contributed by atoms with Gasteiger partial charge in [0.05, 0.1) is 5.52 Å². The zero-order valence-electron chi connectivity index (χ0n) is 15.6. The first kappa shape index (κ1) is 18.8. The van der Waals surface area contributed by atoms with Gasteiger partial charge in [-0.05, 0) is 55.1 Å². The van der Waals surface area contributed by atoms with Crippen LogP contribution < -0.4 is 14.8 Å². The second-order valence-corrected chi connectivity index (χ2v) is 7.14. The van der Waals surface area contributed by atoms with E-state index >= 15 is 0 Å². The van der Waals surface area contributed by atoms with Crippen molar-refractivity contribution in [1.82, 2.24) is 9.88 Å². The topological polar surface area (TPSA) is 52.5 Å². The maximum Gasteiger partial charge on any atom is 0.231 e. The second kappa shape index (κ2) is 7.86. The molecular formula is C22H23ClN2O3. The molecule has 0 radical (unpaired) electrons. The fourth-order valence-electron chi connectivity index (χ4n) is 4.20. The van der Waals surface area contributed by atoms with Crippen LogP contribution in [0.1, 0.15) is 34.5 Å². The molecule has 0 saturated heterocycles. The number of ether oxygens (including phenoxy) is 2. The number of nitrogens with one attached hydrogen (secondary N) is 1. The Balaban J connectivity index is 0.00000192. The Hall–Kier alpha value is -2.50. The number of aromatic nitrogens is 1. The molecule has 6 heteroatoms. The van der Waals surface area contributed by atoms with E-state index in [1.165, 1.54) is 22.2 Å². The molecule has 2 aliphatic rings. The van der Waals surface area contributed by atoms with Gasteiger partial charge in [0.2, 0.25) is 12.7 Å². The van der Waals surface area contributed by atoms with Crippen molar-refractivity contribution in [3.05, 3.63) is 59.3 Å². The third-order valence-electron chi connectivity index (χ3n) is 5.46. The summed E-state index contributed by atoms with van der Waals surface area (Å²) in [7, 11) is 0. The first-order chi connectivity index (χ1) is 13.3. The number of hydrogen-bond acceptors (Lipinski definition) is 4. The predicted molar refractivity (Wildman–Crippen MR) is 111 cm³/mol. The molecule has 0 aliphatic carbocycles. The number of halogens is 1. The number of rotatable bonds is 5. The number of hydrogen-bond donors (Lipinski definition) is 1. The van der Waals surface area contributed by atoms with Crippen LogP contribution in [0.5, 0.6) is 11.5 Å². The molecule has 0 amide bonds. The lowest BCUT2D eigenvalue weighted by Crippen LogP contribution is -2.21. The Kier molecular flexibility index (Phi) is 5.29. The van der Waals surface area contributed by atoms with E-state index in [0.29, 0.717) is 13.2 Å². The highest BCUT2D eigenvalue weighted by molar-refractivity contribution is 5.96. The third kappa shape index (κ3) is 3.25. The lowest BCUT2D eigenvalue weighted by Gasteiger charge is -2.16. The van der Waals surface area contributed by atoms with Gasteiger partial charge in [0.15, 0.2) is 11.5 Å². The summed E-state index contributed by atoms with van der Waals surface area (Å²) in [6.45, 7) is 1.95. The van der Waals surface area contributed by atoms with E-state index in [4.69, 9.17) is 9.47 Å². The number of nitrogens with zero attached hydrogens (tertiary/aromatic N) is 1. The van der Waals surface area contributed by atoms with Crippen molar-refractivity contribution in [1.29, 1.82) is 0 Å². The molecule has 5 rings (SSSR count). The molecule has 2 aliphatic heterocycles. The summed E-state index contributed by atoms with van der Waals surface area (Å²) in [5, 5.41) is 4.74. The molecule has 0 fully saturated rings. The van der Waals surface area contributed by atoms with Gasteiger partial charge in [-0.2, -0.15) is 0 Å². The van der Waals surface area contributed by atoms with Crippen LogP contribution in [-0.2, 0) is 19.4 Å². The SMILES string of the molecule is Cl.O=C1CCCc2c(CCNCc3ccc4c(c3)OCO4)c3ccccc3n21. The second-order valence-electron chi connectivity index (χ2n) is 7.14. The molecule has 3 heterocycles. The zero-order valence-corrected chi connectivity index (χ0v) is 16.4. The maximum atomic E-state index is 12.4. The van der Waals surface area contributed by atoms with Gasteiger partial charge in [-0.1, -0.05) is 24.3 Å². The number of carbonyl (C=O) groups excluding carboxylic acids is 1. The summed E-state index contributed by atoms with van der Waals surface area (Å²) in [5.74, 6) is 1.86. The normalized spacial score (nSPS) is 14.8. The molecule has 2 aromatic carbocycles. The zero-order chi connectivity index (χ0) is 18.2. The van der Waals surface area contributed by atoms with Gasteiger partial charge in [0, 0.05) is 24.0 Å². The molecule has 0 spiro atoms. The van der Waals surface area contributed by atoms with Crippen molar-refractivity contribution in [3.8, 4) is 11.5 Å². The molecule has 1 aromatic heterocycles. The summed E-state index contributed by atoms with van der Waals surface area (Å²) in [6.07, 6.45) is 3.50. The van der Waals surface area contributed by atoms with Crippen molar-refractivity contribution in [2.24, 2.45) is 0 Å². The largest absolute Gasteiger partial charge is 0.454 e. The molecule has 5 nitrogen and oxygen atoms in total. The van der Waals surface area contributed by atoms with Crippen molar-refractivity contribution >= 4 is 29.2 Å². The third-order valence-corrected chi connectivity index (χ3v) is 5.46. The van der Waals surface area contributed by atoms with Crippen LogP contribution in [0.3, 0.4) is 0 Å². The van der Waals surface area contributed by atoms with Gasteiger partial charge in [0.1, 0.15) is 0 Å². The van der Waals surface area contributed by atoms with Gasteiger partial charge in [0.25, 0.3) is 0 Å². The highest BCUT2D eigenvalue weighted by Gasteiger charge is 2.24. The minimum absolute atomic E-state index is 0. The highest BCUT2D eigenvalue weighted by atomic mass is 35.5. The quantitative estimate of drug-likeness (QED) is 0.657. The lowest BCUT2D eigenvalue weighted by atomic mass is 10.0. The first-order valence-corrected chi connectivity index (χ1v) is 9.55. The molecule has 1 N–H and O–H groups in total. The molecule has 28 heavy (non-hydrogen) atoms. The van der Waals surface area contributed by atoms with E-state index in [-0.39, 0.29) is 18.3 Å². The van der Waals surface area contributed by atoms with E-state index in [2.05, 4.69) is 29.6 Å². The molecule has 146 valence electrons. The Labute approximate surface area is 170 Å². The number of benzene rings is 2. The Morgan fingerprint density at radius 2 is 1.89 bits per heavy atom. The number of fused-ring (bicyclic) bond motifs is 4. The highest BCUT2D eigenvalue weighted by Crippen LogP contribution is 2.33. The Morgan fingerprint density at radius 1 is 1.04 bits per heavy atom. The summed E-state index contributed by atoms with van der Waals surface area (Å²) >= 11 is 0. The van der Waals surface area contributed by atoms with Gasteiger partial charge in [-0.3, -0.25) is 9.36 Å². The van der Waals surface area contributed by atoms with E-state index in [0.717, 1.165) is 49.4 Å². The lowest BCUT2D eigenvalue weighted by molar-refractivity contribution is 0.0889. The van der Waals surface area contributed by atoms with Crippen LogP contribution in [0.4, 0.5) is 0 Å². The fourth-order valence-corrected chi connectivity index (χ4v) is 4.20. The van der Waals surface area contributed by atoms with Crippen LogP contribution in [0.2, 0.25) is 0 Å². The fraction of sp³-hybridized carbons (Fsp3) is 0.318. The van der Waals surface area contributed by atoms with E-state index in [9.17, 15) is 4.79 Å². The summed E-state index contributed by atoms with van der Waals surface area (Å²) < 4.78 is 12.7. The predicted octanol–water partition coefficient (Wildman–Crippen LogP) is 4.10. The molecule has 3 aromatic rings. The van der Waals surface area contributed by atoms with Gasteiger partial charge in [-0.15, -0.1) is 12.4 Å². The minimum atomic E-state index is 0. The van der Waals surface area contributed by atoms with Crippen LogP contribution in [-0.4, -0.2) is 23.8 Å². The number of carbonyl (C=O) groups is 1. The van der Waals surface area contributed by atoms with Gasteiger partial charge in [-0.25, -0.2) is 0 Å². The molecule has 0 atom stereocenters. The molecule has 0 bridgehead atoms. The minimum Gasteiger partial charge on any atom is -0.454 e. The Morgan fingerprint density at radius 3 is 2.82 bits per heavy atom. The number of para-hydroxylation sites is 1. The van der Waals surface area contributed by atoms with Crippen LogP contribution in [0, 0.1) is 0 Å². The van der Waals surface area contributed by atoms with Crippen molar-refractivity contribution in [2.45, 2.75) is 32.2 Å². The van der Waals surface area contributed by atoms with Crippen LogP contribution in [0.15, 0.2) is 42.5 Å². The van der Waals surface area contributed by atoms with Crippen LogP contribution in [0.25, 0.3) is 10.9 Å². The van der Waals surface area contributed by atoms with Crippen molar-refractivity contribution in [3.63, 3.8) is 0 Å². The Bertz CT molecular complexity index is 1030. The van der Waals surface area contributed by atoms with E-state index in [1.807, 2.05) is 22.8 Å². The molecular weight excluding hydrogens is 376 g/mol. The maximum absolute atomic E-state index is 12.4. The van der Waals surface area contributed by atoms with Crippen LogP contribution >= 0.6 is 12.4 Å². The smallest absolute Gasteiger partial charge is 0.231 e.